The van der Waals surface area contributed by atoms with E-state index in [0.717, 1.165) is 17.7 Å². The molecule has 2 aromatic rings. The molecule has 0 aromatic heterocycles. The number of halogens is 2. The highest BCUT2D eigenvalue weighted by molar-refractivity contribution is 9.10. The van der Waals surface area contributed by atoms with Crippen LogP contribution in [-0.4, -0.2) is 26.2 Å². The molecule has 0 spiro atoms. The Bertz CT molecular complexity index is 892. The average Bonchev–Trinajstić information content (AvgIpc) is 2.67. The minimum absolute atomic E-state index is 0.117. The van der Waals surface area contributed by atoms with E-state index in [2.05, 4.69) is 32.3 Å². The molecule has 0 aliphatic carbocycles. The van der Waals surface area contributed by atoms with E-state index in [1.165, 1.54) is 6.92 Å². The summed E-state index contributed by atoms with van der Waals surface area (Å²) in [5.41, 5.74) is 1.89. The van der Waals surface area contributed by atoms with Crippen LogP contribution in [0.25, 0.3) is 0 Å². The lowest BCUT2D eigenvalue weighted by atomic mass is 10.1. The number of aryl methyl sites for hydroxylation is 2. The summed E-state index contributed by atoms with van der Waals surface area (Å²) >= 11 is 3.33. The molecule has 0 aliphatic heterocycles. The second kappa shape index (κ2) is 11.9. The molecule has 148 valence electrons. The summed E-state index contributed by atoms with van der Waals surface area (Å²) in [6.45, 7) is 3.30. The van der Waals surface area contributed by atoms with Crippen LogP contribution in [0.4, 0.5) is 4.39 Å². The lowest BCUT2D eigenvalue weighted by molar-refractivity contribution is -0.106. The van der Waals surface area contributed by atoms with Gasteiger partial charge in [-0.25, -0.2) is 4.39 Å². The molecule has 2 rings (SSSR count). The molecule has 0 bridgehead atoms. The van der Waals surface area contributed by atoms with Crippen LogP contribution in [0.2, 0.25) is 0 Å². The van der Waals surface area contributed by atoms with E-state index in [9.17, 15) is 4.39 Å². The van der Waals surface area contributed by atoms with Crippen LogP contribution in [0, 0.1) is 24.1 Å². The van der Waals surface area contributed by atoms with E-state index in [1.807, 2.05) is 6.92 Å². The summed E-state index contributed by atoms with van der Waals surface area (Å²) in [5, 5.41) is 12.1. The molecule has 0 saturated heterocycles. The molecular weight excluding hydrogens is 425 g/mol. The number of aliphatic imine (C=N–C) groups is 1. The van der Waals surface area contributed by atoms with Gasteiger partial charge in [0.15, 0.2) is 11.6 Å². The maximum absolute atomic E-state index is 14.9. The van der Waals surface area contributed by atoms with Crippen molar-refractivity contribution in [3.63, 3.8) is 0 Å². The third-order valence-electron chi connectivity index (χ3n) is 3.72. The number of carbonyl (C=O) groups is 1. The van der Waals surface area contributed by atoms with Crippen LogP contribution >= 0.6 is 15.9 Å². The molecule has 0 unspecified atom stereocenters. The molecule has 1 N–H and O–H groups in total. The Morgan fingerprint density at radius 2 is 2.07 bits per heavy atom. The van der Waals surface area contributed by atoms with Crippen molar-refractivity contribution in [2.45, 2.75) is 26.7 Å². The van der Waals surface area contributed by atoms with Gasteiger partial charge in [0.1, 0.15) is 12.0 Å². The molecule has 2 aromatic carbocycles. The number of benzene rings is 2. The molecule has 5 nitrogen and oxygen atoms in total. The zero-order valence-electron chi connectivity index (χ0n) is 16.3. The number of nitriles is 1. The monoisotopic (exact) mass is 447 g/mol. The number of carbonyl (C=O) groups excluding carboxylic acids is 1. The molecular formula is C21H23BrFN3O2. The second-order valence-corrected chi connectivity index (χ2v) is 6.61. The summed E-state index contributed by atoms with van der Waals surface area (Å²) in [4.78, 5) is 12.9. The number of rotatable bonds is 5. The van der Waals surface area contributed by atoms with Crippen LogP contribution < -0.4 is 10.1 Å². The number of amidine groups is 1. The van der Waals surface area contributed by atoms with E-state index >= 15 is 0 Å². The minimum atomic E-state index is -0.416. The van der Waals surface area contributed by atoms with Crippen molar-refractivity contribution < 1.29 is 13.9 Å². The summed E-state index contributed by atoms with van der Waals surface area (Å²) in [7, 11) is 3.49. The predicted molar refractivity (Wildman–Crippen MR) is 113 cm³/mol. The van der Waals surface area contributed by atoms with Crippen molar-refractivity contribution in [1.82, 2.24) is 5.32 Å². The van der Waals surface area contributed by atoms with Gasteiger partial charge in [-0.1, -0.05) is 6.07 Å². The van der Waals surface area contributed by atoms with E-state index in [1.54, 1.807) is 44.4 Å². The van der Waals surface area contributed by atoms with Crippen molar-refractivity contribution in [2.75, 3.05) is 14.1 Å². The van der Waals surface area contributed by atoms with Gasteiger partial charge >= 0.3 is 0 Å². The fraction of sp³-hybridized carbons (Fsp3) is 0.286. The number of ether oxygens (including phenoxy) is 1. The Kier molecular flexibility index (Phi) is 9.89. The highest BCUT2D eigenvalue weighted by Gasteiger charge is 2.15. The van der Waals surface area contributed by atoms with Gasteiger partial charge in [0.05, 0.1) is 21.9 Å². The van der Waals surface area contributed by atoms with Gasteiger partial charge in [0.25, 0.3) is 0 Å². The van der Waals surface area contributed by atoms with Gasteiger partial charge in [-0.05, 0) is 71.6 Å². The maximum atomic E-state index is 14.9. The SMILES string of the molecule is CC=O.CN=C(CCc1ccc(Br)c(Oc2cc(C)cc(C#N)c2)c1F)NC. The number of nitrogens with one attached hydrogen (secondary N) is 1. The van der Waals surface area contributed by atoms with Gasteiger partial charge < -0.3 is 14.8 Å². The second-order valence-electron chi connectivity index (χ2n) is 5.75. The Hall–Kier alpha value is -2.72. The number of aldehydes is 1. The van der Waals surface area contributed by atoms with E-state index in [4.69, 9.17) is 14.8 Å². The highest BCUT2D eigenvalue weighted by atomic mass is 79.9. The average molecular weight is 448 g/mol. The lowest BCUT2D eigenvalue weighted by Crippen LogP contribution is -2.18. The topological polar surface area (TPSA) is 74.5 Å². The fourth-order valence-electron chi connectivity index (χ4n) is 2.45. The predicted octanol–water partition coefficient (Wildman–Crippen LogP) is 4.95. The van der Waals surface area contributed by atoms with Crippen molar-refractivity contribution in [3.8, 4) is 17.6 Å². The first-order valence-corrected chi connectivity index (χ1v) is 9.39. The normalized spacial score (nSPS) is 10.4. The molecule has 0 amide bonds. The molecule has 28 heavy (non-hydrogen) atoms. The molecule has 0 atom stereocenters. The molecule has 0 heterocycles. The van der Waals surface area contributed by atoms with E-state index in [0.29, 0.717) is 34.2 Å². The Balaban J connectivity index is 0.00000122. The lowest BCUT2D eigenvalue weighted by Gasteiger charge is -2.13. The van der Waals surface area contributed by atoms with Gasteiger partial charge in [0.2, 0.25) is 0 Å². The fourth-order valence-corrected chi connectivity index (χ4v) is 2.84. The van der Waals surface area contributed by atoms with Crippen LogP contribution in [0.15, 0.2) is 39.8 Å². The largest absolute Gasteiger partial charge is 0.453 e. The standard InChI is InChI=1S/C19H19BrFN3O.C2H4O/c1-12-8-13(11-22)10-15(9-12)25-19-16(20)6-4-14(18(19)21)5-7-17(23-2)24-3;1-2-3/h4,6,8-10H,5,7H2,1-3H3,(H,23,24);2H,1H3. The third-order valence-corrected chi connectivity index (χ3v) is 4.34. The first-order valence-electron chi connectivity index (χ1n) is 8.59. The molecule has 0 radical (unpaired) electrons. The van der Waals surface area contributed by atoms with Crippen molar-refractivity contribution in [2.24, 2.45) is 4.99 Å². The van der Waals surface area contributed by atoms with Crippen LogP contribution in [0.1, 0.15) is 30.0 Å². The quantitative estimate of drug-likeness (QED) is 0.399. The van der Waals surface area contributed by atoms with Crippen LogP contribution in [0.5, 0.6) is 11.5 Å². The smallest absolute Gasteiger partial charge is 0.177 e. The summed E-state index contributed by atoms with van der Waals surface area (Å²) in [5.74, 6) is 0.939. The first-order chi connectivity index (χ1) is 13.4. The van der Waals surface area contributed by atoms with Crippen LogP contribution in [-0.2, 0) is 11.2 Å². The summed E-state index contributed by atoms with van der Waals surface area (Å²) < 4.78 is 21.1. The van der Waals surface area contributed by atoms with Crippen molar-refractivity contribution in [1.29, 1.82) is 5.26 Å². The summed E-state index contributed by atoms with van der Waals surface area (Å²) in [6.07, 6.45) is 1.86. The molecule has 0 aliphatic rings. The Morgan fingerprint density at radius 1 is 1.39 bits per heavy atom. The van der Waals surface area contributed by atoms with E-state index < -0.39 is 5.82 Å². The Morgan fingerprint density at radius 3 is 2.64 bits per heavy atom. The van der Waals surface area contributed by atoms with Gasteiger partial charge in [-0.15, -0.1) is 0 Å². The maximum Gasteiger partial charge on any atom is 0.177 e. The zero-order chi connectivity index (χ0) is 21.1. The third kappa shape index (κ3) is 6.78. The summed E-state index contributed by atoms with van der Waals surface area (Å²) in [6, 6.07) is 10.7. The van der Waals surface area contributed by atoms with Crippen LogP contribution in [0.3, 0.4) is 0 Å². The molecule has 0 saturated carbocycles. The Labute approximate surface area is 173 Å². The van der Waals surface area contributed by atoms with Gasteiger partial charge in [0, 0.05) is 20.5 Å². The number of nitrogens with zero attached hydrogens (tertiary/aromatic N) is 2. The minimum Gasteiger partial charge on any atom is -0.453 e. The number of hydrogen-bond acceptors (Lipinski definition) is 4. The number of hydrogen-bond donors (Lipinski definition) is 1. The van der Waals surface area contributed by atoms with E-state index in [-0.39, 0.29) is 5.75 Å². The highest BCUT2D eigenvalue weighted by Crippen LogP contribution is 2.35. The van der Waals surface area contributed by atoms with Gasteiger partial charge in [-0.3, -0.25) is 4.99 Å². The zero-order valence-corrected chi connectivity index (χ0v) is 17.9. The molecule has 0 fully saturated rings. The van der Waals surface area contributed by atoms with Crippen molar-refractivity contribution in [3.05, 3.63) is 57.3 Å². The first kappa shape index (κ1) is 23.3. The molecule has 7 heteroatoms. The van der Waals surface area contributed by atoms with Crippen molar-refractivity contribution >= 4 is 28.1 Å². The van der Waals surface area contributed by atoms with Gasteiger partial charge in [-0.2, -0.15) is 5.26 Å².